The Labute approximate surface area is 167 Å². The largest absolute Gasteiger partial charge is 0.281 e. The van der Waals surface area contributed by atoms with Gasteiger partial charge in [-0.25, -0.2) is 19.0 Å². The number of nitrogens with zero attached hydrogens (tertiary/aromatic N) is 5. The highest BCUT2D eigenvalue weighted by Crippen LogP contribution is 2.27. The van der Waals surface area contributed by atoms with Crippen LogP contribution in [0.1, 0.15) is 41.6 Å². The molecule has 3 aromatic heterocycles. The van der Waals surface area contributed by atoms with Crippen LogP contribution in [0.4, 0.5) is 4.39 Å². The number of aryl methyl sites for hydroxylation is 1. The maximum absolute atomic E-state index is 13.3. The van der Waals surface area contributed by atoms with Crippen molar-refractivity contribution in [2.75, 3.05) is 0 Å². The van der Waals surface area contributed by atoms with Crippen molar-refractivity contribution in [2.45, 2.75) is 39.0 Å². The SMILES string of the molecule is CCc1c(-c2ccc(F)cc2)n[nH]c1Cc1cc(-n2ncc3c2CCC3)ncn1. The number of aromatic amines is 1. The second-order valence-electron chi connectivity index (χ2n) is 7.32. The minimum Gasteiger partial charge on any atom is -0.281 e. The Bertz CT molecular complexity index is 1160. The molecule has 146 valence electrons. The quantitative estimate of drug-likeness (QED) is 0.564. The Hall–Kier alpha value is -3.35. The molecule has 1 N–H and O–H groups in total. The lowest BCUT2D eigenvalue weighted by Gasteiger charge is -2.07. The number of H-pyrrole nitrogens is 1. The van der Waals surface area contributed by atoms with Gasteiger partial charge in [0.25, 0.3) is 0 Å². The van der Waals surface area contributed by atoms with Gasteiger partial charge in [0, 0.05) is 35.0 Å². The normalized spacial score (nSPS) is 13.0. The van der Waals surface area contributed by atoms with E-state index in [1.165, 1.54) is 29.8 Å². The van der Waals surface area contributed by atoms with Crippen LogP contribution < -0.4 is 0 Å². The summed E-state index contributed by atoms with van der Waals surface area (Å²) in [6.45, 7) is 2.10. The van der Waals surface area contributed by atoms with Crippen LogP contribution >= 0.6 is 0 Å². The van der Waals surface area contributed by atoms with Gasteiger partial charge in [0.1, 0.15) is 12.1 Å². The van der Waals surface area contributed by atoms with Gasteiger partial charge in [-0.2, -0.15) is 10.2 Å². The average Bonchev–Trinajstić information content (AvgIpc) is 3.44. The van der Waals surface area contributed by atoms with E-state index in [1.807, 2.05) is 16.9 Å². The smallest absolute Gasteiger partial charge is 0.157 e. The monoisotopic (exact) mass is 388 g/mol. The molecule has 7 heteroatoms. The van der Waals surface area contributed by atoms with E-state index in [-0.39, 0.29) is 5.82 Å². The summed E-state index contributed by atoms with van der Waals surface area (Å²) in [5.41, 5.74) is 7.38. The first-order chi connectivity index (χ1) is 14.2. The van der Waals surface area contributed by atoms with Crippen LogP contribution in [0, 0.1) is 5.82 Å². The first kappa shape index (κ1) is 17.7. The molecule has 4 aromatic rings. The summed E-state index contributed by atoms with van der Waals surface area (Å²) in [6.07, 6.45) is 8.29. The standard InChI is InChI=1S/C22H21FN6/c1-2-18-19(27-28-22(18)14-6-8-16(23)9-7-14)10-17-11-21(25-13-24-17)29-20-5-3-4-15(20)12-26-29/h6-9,11-13H,2-5,10H2,1H3,(H,27,28). The van der Waals surface area contributed by atoms with Crippen LogP contribution in [-0.2, 0) is 25.7 Å². The van der Waals surface area contributed by atoms with Crippen molar-refractivity contribution < 1.29 is 4.39 Å². The molecular weight excluding hydrogens is 367 g/mol. The molecule has 6 nitrogen and oxygen atoms in total. The van der Waals surface area contributed by atoms with Crippen LogP contribution in [0.25, 0.3) is 17.1 Å². The molecule has 3 heterocycles. The summed E-state index contributed by atoms with van der Waals surface area (Å²) < 4.78 is 15.2. The molecule has 0 radical (unpaired) electrons. The van der Waals surface area contributed by atoms with Gasteiger partial charge in [-0.1, -0.05) is 6.92 Å². The summed E-state index contributed by atoms with van der Waals surface area (Å²) in [5, 5.41) is 12.2. The fraction of sp³-hybridized carbons (Fsp3) is 0.273. The van der Waals surface area contributed by atoms with Crippen LogP contribution in [0.3, 0.4) is 0 Å². The van der Waals surface area contributed by atoms with Crippen molar-refractivity contribution in [3.05, 3.63) is 76.9 Å². The number of fused-ring (bicyclic) bond motifs is 1. The molecule has 0 aliphatic heterocycles. The number of hydrogen-bond donors (Lipinski definition) is 1. The van der Waals surface area contributed by atoms with E-state index < -0.39 is 0 Å². The number of halogens is 1. The summed E-state index contributed by atoms with van der Waals surface area (Å²) in [6, 6.07) is 8.43. The zero-order valence-corrected chi connectivity index (χ0v) is 16.2. The molecule has 1 aliphatic carbocycles. The van der Waals surface area contributed by atoms with E-state index in [4.69, 9.17) is 0 Å². The molecule has 0 fully saturated rings. The van der Waals surface area contributed by atoms with E-state index in [2.05, 4.69) is 32.2 Å². The van der Waals surface area contributed by atoms with Crippen LogP contribution in [0.5, 0.6) is 0 Å². The van der Waals surface area contributed by atoms with Crippen molar-refractivity contribution in [1.82, 2.24) is 29.9 Å². The van der Waals surface area contributed by atoms with Gasteiger partial charge in [0.05, 0.1) is 17.6 Å². The van der Waals surface area contributed by atoms with Gasteiger partial charge in [0.2, 0.25) is 0 Å². The zero-order chi connectivity index (χ0) is 19.8. The molecule has 0 saturated carbocycles. The Morgan fingerprint density at radius 1 is 1.14 bits per heavy atom. The predicted octanol–water partition coefficient (Wildman–Crippen LogP) is 3.83. The number of aromatic nitrogens is 6. The predicted molar refractivity (Wildman–Crippen MR) is 107 cm³/mol. The lowest BCUT2D eigenvalue weighted by atomic mass is 10.0. The first-order valence-electron chi connectivity index (χ1n) is 9.92. The topological polar surface area (TPSA) is 72.3 Å². The highest BCUT2D eigenvalue weighted by molar-refractivity contribution is 5.64. The minimum absolute atomic E-state index is 0.249. The number of rotatable bonds is 5. The molecule has 1 aromatic carbocycles. The molecule has 0 amide bonds. The van der Waals surface area contributed by atoms with Crippen molar-refractivity contribution in [3.63, 3.8) is 0 Å². The summed E-state index contributed by atoms with van der Waals surface area (Å²) in [5.74, 6) is 0.552. The van der Waals surface area contributed by atoms with E-state index in [9.17, 15) is 4.39 Å². The molecule has 0 unspecified atom stereocenters. The van der Waals surface area contributed by atoms with Crippen LogP contribution in [0.15, 0.2) is 42.9 Å². The molecule has 0 bridgehead atoms. The van der Waals surface area contributed by atoms with Crippen LogP contribution in [0.2, 0.25) is 0 Å². The second-order valence-corrected chi connectivity index (χ2v) is 7.32. The summed E-state index contributed by atoms with van der Waals surface area (Å²) >= 11 is 0. The van der Waals surface area contributed by atoms with Gasteiger partial charge in [0.15, 0.2) is 5.82 Å². The maximum atomic E-state index is 13.3. The molecule has 0 atom stereocenters. The average molecular weight is 388 g/mol. The summed E-state index contributed by atoms with van der Waals surface area (Å²) in [4.78, 5) is 8.89. The Kier molecular flexibility index (Phi) is 4.42. The molecular formula is C22H21FN6. The Balaban J connectivity index is 1.46. The van der Waals surface area contributed by atoms with Crippen molar-refractivity contribution in [3.8, 4) is 17.1 Å². The fourth-order valence-electron chi connectivity index (χ4n) is 4.08. The first-order valence-corrected chi connectivity index (χ1v) is 9.92. The molecule has 1 aliphatic rings. The van der Waals surface area contributed by atoms with Crippen molar-refractivity contribution in [2.24, 2.45) is 0 Å². The van der Waals surface area contributed by atoms with E-state index in [0.717, 1.165) is 53.3 Å². The Morgan fingerprint density at radius 2 is 2.00 bits per heavy atom. The lowest BCUT2D eigenvalue weighted by molar-refractivity contribution is 0.628. The fourth-order valence-corrected chi connectivity index (χ4v) is 4.08. The lowest BCUT2D eigenvalue weighted by Crippen LogP contribution is -2.06. The van der Waals surface area contributed by atoms with Gasteiger partial charge < -0.3 is 0 Å². The Morgan fingerprint density at radius 3 is 2.83 bits per heavy atom. The van der Waals surface area contributed by atoms with Crippen molar-refractivity contribution in [1.29, 1.82) is 0 Å². The number of hydrogen-bond acceptors (Lipinski definition) is 4. The van der Waals surface area contributed by atoms with Crippen LogP contribution in [-0.4, -0.2) is 29.9 Å². The molecule has 0 spiro atoms. The van der Waals surface area contributed by atoms with Gasteiger partial charge in [-0.15, -0.1) is 0 Å². The van der Waals surface area contributed by atoms with E-state index >= 15 is 0 Å². The van der Waals surface area contributed by atoms with Gasteiger partial charge >= 0.3 is 0 Å². The maximum Gasteiger partial charge on any atom is 0.157 e. The zero-order valence-electron chi connectivity index (χ0n) is 16.2. The third-order valence-corrected chi connectivity index (χ3v) is 5.52. The molecule has 0 saturated heterocycles. The van der Waals surface area contributed by atoms with Gasteiger partial charge in [-0.05, 0) is 55.5 Å². The third kappa shape index (κ3) is 3.22. The second kappa shape index (κ2) is 7.24. The van der Waals surface area contributed by atoms with Gasteiger partial charge in [-0.3, -0.25) is 5.10 Å². The molecule has 5 rings (SSSR count). The third-order valence-electron chi connectivity index (χ3n) is 5.52. The highest BCUT2D eigenvalue weighted by Gasteiger charge is 2.19. The minimum atomic E-state index is -0.249. The number of nitrogens with one attached hydrogen (secondary N) is 1. The molecule has 29 heavy (non-hydrogen) atoms. The van der Waals surface area contributed by atoms with E-state index in [0.29, 0.717) is 6.42 Å². The highest BCUT2D eigenvalue weighted by atomic mass is 19.1. The number of benzene rings is 1. The van der Waals surface area contributed by atoms with E-state index in [1.54, 1.807) is 18.5 Å². The van der Waals surface area contributed by atoms with Crippen molar-refractivity contribution >= 4 is 0 Å². The summed E-state index contributed by atoms with van der Waals surface area (Å²) in [7, 11) is 0.